The molecule has 0 spiro atoms. The second-order valence-corrected chi connectivity index (χ2v) is 10.4. The molecule has 1 aliphatic heterocycles. The largest absolute Gasteiger partial charge is 0.467 e. The number of nitrogens with one attached hydrogen (secondary N) is 2. The molecule has 0 radical (unpaired) electrons. The maximum Gasteiger partial charge on any atom is 0.287 e. The molecule has 4 aromatic rings. The summed E-state index contributed by atoms with van der Waals surface area (Å²) in [6.07, 6.45) is 4.80. The molecule has 1 atom stereocenters. The number of pyridine rings is 1. The van der Waals surface area contributed by atoms with Crippen molar-refractivity contribution in [2.24, 2.45) is 0 Å². The summed E-state index contributed by atoms with van der Waals surface area (Å²) in [5, 5.41) is 9.07. The highest BCUT2D eigenvalue weighted by Crippen LogP contribution is 2.23. The molecule has 2 N–H and O–H groups in total. The molecule has 5 rings (SSSR count). The van der Waals surface area contributed by atoms with Crippen molar-refractivity contribution in [3.05, 3.63) is 76.7 Å². The van der Waals surface area contributed by atoms with E-state index >= 15 is 0 Å². The number of rotatable bonds is 9. The number of halogens is 1. The van der Waals surface area contributed by atoms with Gasteiger partial charge >= 0.3 is 0 Å². The molecule has 1 aromatic carbocycles. The van der Waals surface area contributed by atoms with Crippen LogP contribution in [0.2, 0.25) is 5.02 Å². The Labute approximate surface area is 233 Å². The fourth-order valence-electron chi connectivity index (χ4n) is 4.32. The van der Waals surface area contributed by atoms with Crippen molar-refractivity contribution in [2.75, 3.05) is 19.6 Å². The van der Waals surface area contributed by atoms with Gasteiger partial charge in [-0.2, -0.15) is 0 Å². The van der Waals surface area contributed by atoms with Gasteiger partial charge in [0.05, 0.1) is 6.54 Å². The monoisotopic (exact) mass is 567 g/mol. The number of likely N-dealkylation sites (tertiary alicyclic amines) is 1. The van der Waals surface area contributed by atoms with Crippen molar-refractivity contribution in [3.63, 3.8) is 0 Å². The lowest BCUT2D eigenvalue weighted by atomic mass is 10.1. The van der Waals surface area contributed by atoms with Gasteiger partial charge in [-0.3, -0.25) is 19.4 Å². The normalized spacial score (nSPS) is 14.6. The average Bonchev–Trinajstić information content (AvgIpc) is 3.62. The van der Waals surface area contributed by atoms with Crippen LogP contribution in [0, 0.1) is 0 Å². The van der Waals surface area contributed by atoms with E-state index in [1.807, 2.05) is 5.38 Å². The minimum Gasteiger partial charge on any atom is -0.467 e. The Kier molecular flexibility index (Phi) is 8.38. The molecule has 3 amide bonds. The standard InChI is InChI=1S/C27H26ClN5O5S/c28-18-4-5-22-17(13-18)14-23(38-22)26(36)32-21(15-19-3-1-2-8-29-19)25(35)31-16-24(34)33-10-6-20(7-11-33)37-27-30-9-12-39-27/h1-5,8-9,12-14,20-21H,6-7,10-11,15-16H2,(H,31,35)(H,32,36)/t21-/m0/s1. The van der Waals surface area contributed by atoms with Crippen molar-refractivity contribution in [1.82, 2.24) is 25.5 Å². The van der Waals surface area contributed by atoms with Crippen LogP contribution in [0.25, 0.3) is 11.0 Å². The van der Waals surface area contributed by atoms with Gasteiger partial charge in [0, 0.05) is 66.2 Å². The second kappa shape index (κ2) is 12.3. The minimum atomic E-state index is -0.977. The van der Waals surface area contributed by atoms with Crippen molar-refractivity contribution in [3.8, 4) is 5.19 Å². The van der Waals surface area contributed by atoms with Crippen LogP contribution in [0.5, 0.6) is 5.19 Å². The number of carbonyl (C=O) groups is 3. The quantitative estimate of drug-likeness (QED) is 0.317. The number of hydrogen-bond acceptors (Lipinski definition) is 8. The number of piperidine rings is 1. The predicted molar refractivity (Wildman–Crippen MR) is 146 cm³/mol. The zero-order valence-electron chi connectivity index (χ0n) is 20.8. The molecule has 10 nitrogen and oxygen atoms in total. The van der Waals surface area contributed by atoms with E-state index < -0.39 is 17.9 Å². The first kappa shape index (κ1) is 26.6. The number of thiazole rings is 1. The van der Waals surface area contributed by atoms with Crippen molar-refractivity contribution >= 4 is 51.6 Å². The summed E-state index contributed by atoms with van der Waals surface area (Å²) in [6.45, 7) is 0.860. The topological polar surface area (TPSA) is 127 Å². The van der Waals surface area contributed by atoms with E-state index in [0.717, 1.165) is 0 Å². The van der Waals surface area contributed by atoms with E-state index in [1.54, 1.807) is 59.8 Å². The Balaban J connectivity index is 1.18. The van der Waals surface area contributed by atoms with Crippen molar-refractivity contribution in [1.29, 1.82) is 0 Å². The first-order valence-electron chi connectivity index (χ1n) is 12.5. The van der Waals surface area contributed by atoms with Gasteiger partial charge in [-0.25, -0.2) is 4.98 Å². The number of ether oxygens (including phenoxy) is 1. The Morgan fingerprint density at radius 2 is 1.97 bits per heavy atom. The van der Waals surface area contributed by atoms with Crippen LogP contribution in [-0.4, -0.2) is 64.4 Å². The SMILES string of the molecule is O=C(N[C@@H](Cc1ccccn1)C(=O)NCC(=O)N1CCC(Oc2nccs2)CC1)c1cc2cc(Cl)ccc2o1. The molecule has 4 heterocycles. The maximum absolute atomic E-state index is 13.1. The minimum absolute atomic E-state index is 0.00188. The van der Waals surface area contributed by atoms with Crippen LogP contribution in [0.4, 0.5) is 0 Å². The second-order valence-electron chi connectivity index (χ2n) is 9.06. The van der Waals surface area contributed by atoms with Crippen LogP contribution >= 0.6 is 22.9 Å². The number of hydrogen-bond donors (Lipinski definition) is 2. The van der Waals surface area contributed by atoms with Gasteiger partial charge in [-0.1, -0.05) is 29.0 Å². The third-order valence-corrected chi connectivity index (χ3v) is 7.25. The average molecular weight is 568 g/mol. The predicted octanol–water partition coefficient (Wildman–Crippen LogP) is 3.47. The zero-order chi connectivity index (χ0) is 27.2. The molecule has 39 heavy (non-hydrogen) atoms. The maximum atomic E-state index is 13.1. The Bertz CT molecular complexity index is 1440. The number of nitrogens with zero attached hydrogens (tertiary/aromatic N) is 3. The van der Waals surface area contributed by atoms with Crippen LogP contribution in [0.1, 0.15) is 29.1 Å². The van der Waals surface area contributed by atoms with E-state index in [0.29, 0.717) is 52.8 Å². The van der Waals surface area contributed by atoms with Crippen LogP contribution in [0.3, 0.4) is 0 Å². The van der Waals surface area contributed by atoms with Gasteiger partial charge in [0.2, 0.25) is 11.8 Å². The Hall–Kier alpha value is -3.96. The molecule has 202 valence electrons. The summed E-state index contributed by atoms with van der Waals surface area (Å²) in [5.74, 6) is -1.21. The molecule has 0 aliphatic carbocycles. The number of fused-ring (bicyclic) bond motifs is 1. The van der Waals surface area contributed by atoms with E-state index in [4.69, 9.17) is 20.8 Å². The third kappa shape index (κ3) is 6.92. The summed E-state index contributed by atoms with van der Waals surface area (Å²) in [6, 6.07) is 10.9. The molecule has 3 aromatic heterocycles. The molecular weight excluding hydrogens is 542 g/mol. The fourth-order valence-corrected chi connectivity index (χ4v) is 5.06. The number of aromatic nitrogens is 2. The highest BCUT2D eigenvalue weighted by Gasteiger charge is 2.27. The molecule has 0 unspecified atom stereocenters. The Morgan fingerprint density at radius 3 is 2.72 bits per heavy atom. The third-order valence-electron chi connectivity index (χ3n) is 6.35. The molecule has 0 bridgehead atoms. The van der Waals surface area contributed by atoms with Crippen molar-refractivity contribution in [2.45, 2.75) is 31.4 Å². The number of benzene rings is 1. The summed E-state index contributed by atoms with van der Waals surface area (Å²) < 4.78 is 11.5. The first-order chi connectivity index (χ1) is 18.9. The zero-order valence-corrected chi connectivity index (χ0v) is 22.4. The van der Waals surface area contributed by atoms with Crippen LogP contribution in [0.15, 0.2) is 64.7 Å². The molecule has 1 aliphatic rings. The van der Waals surface area contributed by atoms with Gasteiger partial charge in [0.25, 0.3) is 11.1 Å². The summed E-state index contributed by atoms with van der Waals surface area (Å²) in [5.41, 5.74) is 1.12. The van der Waals surface area contributed by atoms with Gasteiger partial charge in [-0.15, -0.1) is 0 Å². The lowest BCUT2D eigenvalue weighted by molar-refractivity contribution is -0.134. The molecule has 12 heteroatoms. The smallest absolute Gasteiger partial charge is 0.287 e. The van der Waals surface area contributed by atoms with Gasteiger partial charge < -0.3 is 24.7 Å². The summed E-state index contributed by atoms with van der Waals surface area (Å²) in [4.78, 5) is 49.1. The fraction of sp³-hybridized carbons (Fsp3) is 0.296. The van der Waals surface area contributed by atoms with Gasteiger partial charge in [0.1, 0.15) is 17.7 Å². The van der Waals surface area contributed by atoms with E-state index in [-0.39, 0.29) is 30.7 Å². The molecule has 1 saturated heterocycles. The molecule has 1 fully saturated rings. The van der Waals surface area contributed by atoms with Crippen molar-refractivity contribution < 1.29 is 23.5 Å². The van der Waals surface area contributed by atoms with Crippen LogP contribution < -0.4 is 15.4 Å². The summed E-state index contributed by atoms with van der Waals surface area (Å²) >= 11 is 7.47. The lowest BCUT2D eigenvalue weighted by Gasteiger charge is -2.31. The van der Waals surface area contributed by atoms with Gasteiger partial charge in [0.15, 0.2) is 5.76 Å². The van der Waals surface area contributed by atoms with Gasteiger partial charge in [-0.05, 0) is 36.4 Å². The first-order valence-corrected chi connectivity index (χ1v) is 13.7. The highest BCUT2D eigenvalue weighted by atomic mass is 35.5. The number of amides is 3. The van der Waals surface area contributed by atoms with E-state index in [9.17, 15) is 14.4 Å². The highest BCUT2D eigenvalue weighted by molar-refractivity contribution is 7.11. The van der Waals surface area contributed by atoms with E-state index in [1.165, 1.54) is 11.3 Å². The Morgan fingerprint density at radius 1 is 1.13 bits per heavy atom. The molecular formula is C27H26ClN5O5S. The van der Waals surface area contributed by atoms with E-state index in [2.05, 4.69) is 20.6 Å². The lowest BCUT2D eigenvalue weighted by Crippen LogP contribution is -2.51. The molecule has 0 saturated carbocycles. The number of carbonyl (C=O) groups excluding carboxylic acids is 3. The summed E-state index contributed by atoms with van der Waals surface area (Å²) in [7, 11) is 0. The van der Waals surface area contributed by atoms with Crippen LogP contribution in [-0.2, 0) is 16.0 Å². The number of furan rings is 1.